The van der Waals surface area contributed by atoms with Gasteiger partial charge in [-0.15, -0.1) is 0 Å². The van der Waals surface area contributed by atoms with Crippen LogP contribution < -0.4 is 5.73 Å². The third-order valence-corrected chi connectivity index (χ3v) is 2.69. The van der Waals surface area contributed by atoms with Gasteiger partial charge in [0.25, 0.3) is 0 Å². The number of nitrogen functional groups attached to an aromatic ring is 1. The molecule has 0 fully saturated rings. The summed E-state index contributed by atoms with van der Waals surface area (Å²) in [6.07, 6.45) is 0.830. The number of aromatic nitrogens is 1. The Morgan fingerprint density at radius 1 is 1.15 bits per heavy atom. The molecular formula is C14H20N2O4. The highest BCUT2D eigenvalue weighted by Gasteiger charge is 2.05. The third kappa shape index (κ3) is 4.48. The molecule has 0 amide bonds. The first-order valence-electron chi connectivity index (χ1n) is 6.59. The van der Waals surface area contributed by atoms with Gasteiger partial charge in [-0.1, -0.05) is 0 Å². The molecule has 0 atom stereocenters. The van der Waals surface area contributed by atoms with Crippen LogP contribution in [0.25, 0.3) is 11.1 Å². The van der Waals surface area contributed by atoms with Crippen molar-refractivity contribution >= 4 is 16.8 Å². The number of rotatable bonds is 9. The Morgan fingerprint density at radius 2 is 2.00 bits per heavy atom. The van der Waals surface area contributed by atoms with Crippen molar-refractivity contribution in [2.75, 3.05) is 39.3 Å². The average Bonchev–Trinajstić information content (AvgIpc) is 2.83. The zero-order valence-corrected chi connectivity index (χ0v) is 11.6. The van der Waals surface area contributed by atoms with E-state index in [4.69, 9.17) is 24.4 Å². The van der Waals surface area contributed by atoms with Gasteiger partial charge < -0.3 is 24.4 Å². The number of nitrogens with zero attached hydrogens (tertiary/aromatic N) is 1. The lowest BCUT2D eigenvalue weighted by atomic mass is 10.3. The van der Waals surface area contributed by atoms with Crippen LogP contribution in [-0.4, -0.2) is 38.5 Å². The van der Waals surface area contributed by atoms with Crippen molar-refractivity contribution in [3.8, 4) is 0 Å². The van der Waals surface area contributed by atoms with Crippen LogP contribution in [0.2, 0.25) is 0 Å². The molecule has 2 N–H and O–H groups in total. The third-order valence-electron chi connectivity index (χ3n) is 2.69. The van der Waals surface area contributed by atoms with Crippen molar-refractivity contribution in [1.29, 1.82) is 0 Å². The van der Waals surface area contributed by atoms with Gasteiger partial charge in [0.2, 0.25) is 5.89 Å². The van der Waals surface area contributed by atoms with Gasteiger partial charge in [-0.2, -0.15) is 0 Å². The molecule has 2 rings (SSSR count). The predicted molar refractivity (Wildman–Crippen MR) is 75.4 cm³/mol. The summed E-state index contributed by atoms with van der Waals surface area (Å²) in [5.74, 6) is 0.561. The smallest absolute Gasteiger partial charge is 0.221 e. The van der Waals surface area contributed by atoms with Crippen molar-refractivity contribution in [3.05, 3.63) is 24.1 Å². The molecule has 1 aromatic carbocycles. The maximum atomic E-state index is 5.68. The van der Waals surface area contributed by atoms with Gasteiger partial charge in [-0.25, -0.2) is 4.98 Å². The fraction of sp³-hybridized carbons (Fsp3) is 0.500. The molecule has 0 aliphatic rings. The minimum atomic E-state index is 0.354. The second kappa shape index (κ2) is 7.84. The summed E-state index contributed by atoms with van der Waals surface area (Å²) in [6, 6.07) is 5.39. The SMILES string of the molecule is COCCOCCCOCc1nc2ccc(N)cc2o1. The lowest BCUT2D eigenvalue weighted by Crippen LogP contribution is -2.05. The molecule has 0 aliphatic carbocycles. The van der Waals surface area contributed by atoms with E-state index in [1.54, 1.807) is 19.2 Å². The minimum absolute atomic E-state index is 0.354. The van der Waals surface area contributed by atoms with E-state index in [2.05, 4.69) is 4.98 Å². The van der Waals surface area contributed by atoms with Crippen molar-refractivity contribution in [1.82, 2.24) is 4.98 Å². The summed E-state index contributed by atoms with van der Waals surface area (Å²) in [5.41, 5.74) is 7.82. The van der Waals surface area contributed by atoms with Gasteiger partial charge in [0.15, 0.2) is 5.58 Å². The second-order valence-corrected chi connectivity index (χ2v) is 4.35. The first-order chi connectivity index (χ1) is 9.79. The maximum absolute atomic E-state index is 5.68. The molecule has 0 radical (unpaired) electrons. The highest BCUT2D eigenvalue weighted by atomic mass is 16.5. The summed E-state index contributed by atoms with van der Waals surface area (Å²) >= 11 is 0. The van der Waals surface area contributed by atoms with Gasteiger partial charge in [-0.05, 0) is 18.6 Å². The molecule has 2 aromatic rings. The van der Waals surface area contributed by atoms with E-state index in [1.807, 2.05) is 6.07 Å². The first-order valence-corrected chi connectivity index (χ1v) is 6.59. The van der Waals surface area contributed by atoms with E-state index in [9.17, 15) is 0 Å². The van der Waals surface area contributed by atoms with Crippen LogP contribution >= 0.6 is 0 Å². The normalized spacial score (nSPS) is 11.2. The highest BCUT2D eigenvalue weighted by Crippen LogP contribution is 2.18. The molecule has 0 saturated heterocycles. The lowest BCUT2D eigenvalue weighted by Gasteiger charge is -2.03. The van der Waals surface area contributed by atoms with Crippen LogP contribution in [0.3, 0.4) is 0 Å². The molecule has 1 aromatic heterocycles. The van der Waals surface area contributed by atoms with E-state index in [1.165, 1.54) is 0 Å². The Hall–Kier alpha value is -1.63. The summed E-state index contributed by atoms with van der Waals surface area (Å²) < 4.78 is 21.2. The average molecular weight is 280 g/mol. The number of anilines is 1. The standard InChI is InChI=1S/C14H20N2O4/c1-17-7-8-18-5-2-6-19-10-14-16-12-4-3-11(15)9-13(12)20-14/h3-4,9H,2,5-8,10,15H2,1H3. The molecule has 1 heterocycles. The monoisotopic (exact) mass is 280 g/mol. The molecule has 0 saturated carbocycles. The fourth-order valence-corrected chi connectivity index (χ4v) is 1.72. The van der Waals surface area contributed by atoms with Gasteiger partial charge >= 0.3 is 0 Å². The zero-order chi connectivity index (χ0) is 14.2. The van der Waals surface area contributed by atoms with Gasteiger partial charge in [0.1, 0.15) is 12.1 Å². The second-order valence-electron chi connectivity index (χ2n) is 4.35. The van der Waals surface area contributed by atoms with Crippen LogP contribution in [0.4, 0.5) is 5.69 Å². The summed E-state index contributed by atoms with van der Waals surface area (Å²) in [7, 11) is 1.65. The Bertz CT molecular complexity index is 527. The number of methoxy groups -OCH3 is 1. The van der Waals surface area contributed by atoms with Crippen molar-refractivity contribution in [2.24, 2.45) is 0 Å². The molecule has 20 heavy (non-hydrogen) atoms. The molecule has 110 valence electrons. The van der Waals surface area contributed by atoms with Gasteiger partial charge in [-0.3, -0.25) is 0 Å². The summed E-state index contributed by atoms with van der Waals surface area (Å²) in [4.78, 5) is 4.32. The molecular weight excluding hydrogens is 260 g/mol. The number of ether oxygens (including phenoxy) is 3. The Balaban J connectivity index is 1.65. The summed E-state index contributed by atoms with van der Waals surface area (Å²) in [5, 5.41) is 0. The van der Waals surface area contributed by atoms with E-state index in [0.29, 0.717) is 50.2 Å². The maximum Gasteiger partial charge on any atom is 0.221 e. The molecule has 0 aliphatic heterocycles. The topological polar surface area (TPSA) is 79.7 Å². The lowest BCUT2D eigenvalue weighted by molar-refractivity contribution is 0.0447. The minimum Gasteiger partial charge on any atom is -0.438 e. The van der Waals surface area contributed by atoms with Gasteiger partial charge in [0, 0.05) is 32.1 Å². The first kappa shape index (κ1) is 14.8. The van der Waals surface area contributed by atoms with Crippen molar-refractivity contribution in [2.45, 2.75) is 13.0 Å². The van der Waals surface area contributed by atoms with Gasteiger partial charge in [0.05, 0.1) is 13.2 Å². The van der Waals surface area contributed by atoms with Crippen LogP contribution in [-0.2, 0) is 20.8 Å². The molecule has 0 spiro atoms. The molecule has 0 unspecified atom stereocenters. The van der Waals surface area contributed by atoms with Crippen LogP contribution in [0, 0.1) is 0 Å². The molecule has 6 heteroatoms. The number of fused-ring (bicyclic) bond motifs is 1. The van der Waals surface area contributed by atoms with E-state index < -0.39 is 0 Å². The number of hydrogen-bond acceptors (Lipinski definition) is 6. The van der Waals surface area contributed by atoms with Crippen LogP contribution in [0.5, 0.6) is 0 Å². The number of nitrogens with two attached hydrogens (primary N) is 1. The molecule has 0 bridgehead atoms. The Morgan fingerprint density at radius 3 is 2.85 bits per heavy atom. The number of hydrogen-bond donors (Lipinski definition) is 1. The Kier molecular flexibility index (Phi) is 5.79. The highest BCUT2D eigenvalue weighted by molar-refractivity contribution is 5.76. The predicted octanol–water partition coefficient (Wildman–Crippen LogP) is 1.98. The van der Waals surface area contributed by atoms with E-state index >= 15 is 0 Å². The van der Waals surface area contributed by atoms with Crippen LogP contribution in [0.15, 0.2) is 22.6 Å². The number of oxazole rings is 1. The van der Waals surface area contributed by atoms with Crippen molar-refractivity contribution in [3.63, 3.8) is 0 Å². The van der Waals surface area contributed by atoms with Crippen LogP contribution in [0.1, 0.15) is 12.3 Å². The van der Waals surface area contributed by atoms with E-state index in [0.717, 1.165) is 11.9 Å². The summed E-state index contributed by atoms with van der Waals surface area (Å²) in [6.45, 7) is 2.85. The van der Waals surface area contributed by atoms with Crippen molar-refractivity contribution < 1.29 is 18.6 Å². The molecule has 6 nitrogen and oxygen atoms in total. The Labute approximate surface area is 117 Å². The van der Waals surface area contributed by atoms with E-state index in [-0.39, 0.29) is 0 Å². The fourth-order valence-electron chi connectivity index (χ4n) is 1.72. The largest absolute Gasteiger partial charge is 0.438 e. The zero-order valence-electron chi connectivity index (χ0n) is 11.6. The quantitative estimate of drug-likeness (QED) is 0.559. The number of benzene rings is 1.